The van der Waals surface area contributed by atoms with E-state index in [4.69, 9.17) is 11.6 Å². The van der Waals surface area contributed by atoms with Gasteiger partial charge in [0.15, 0.2) is 5.96 Å². The highest BCUT2D eigenvalue weighted by molar-refractivity contribution is 7.16. The molecule has 0 bridgehead atoms. The predicted octanol–water partition coefficient (Wildman–Crippen LogP) is 1.74. The molecule has 0 spiro atoms. The summed E-state index contributed by atoms with van der Waals surface area (Å²) in [6.45, 7) is 1.34. The fourth-order valence-corrected chi connectivity index (χ4v) is 2.91. The zero-order valence-electron chi connectivity index (χ0n) is 11.7. The van der Waals surface area contributed by atoms with E-state index in [2.05, 4.69) is 20.4 Å². The minimum atomic E-state index is 0.582. The summed E-state index contributed by atoms with van der Waals surface area (Å²) in [5.74, 6) is 1.66. The molecule has 0 aliphatic rings. The lowest BCUT2D eigenvalue weighted by Gasteiger charge is -2.21. The number of thiophene rings is 1. The first-order valence-electron chi connectivity index (χ1n) is 6.09. The fraction of sp³-hybridized carbons (Fsp3) is 0.417. The first kappa shape index (κ1) is 14.8. The van der Waals surface area contributed by atoms with Crippen LogP contribution in [0.1, 0.15) is 10.7 Å². The van der Waals surface area contributed by atoms with E-state index in [1.54, 1.807) is 23.1 Å². The fourth-order valence-electron chi connectivity index (χ4n) is 1.77. The Morgan fingerprint density at radius 3 is 2.90 bits per heavy atom. The lowest BCUT2D eigenvalue weighted by molar-refractivity contribution is 0.478. The van der Waals surface area contributed by atoms with Gasteiger partial charge in [0.05, 0.1) is 17.4 Å². The van der Waals surface area contributed by atoms with Gasteiger partial charge in [0.2, 0.25) is 0 Å². The van der Waals surface area contributed by atoms with Gasteiger partial charge in [-0.3, -0.25) is 9.67 Å². The van der Waals surface area contributed by atoms with Crippen molar-refractivity contribution in [2.45, 2.75) is 13.1 Å². The number of nitrogens with one attached hydrogen (secondary N) is 1. The van der Waals surface area contributed by atoms with Gasteiger partial charge in [0.1, 0.15) is 12.2 Å². The zero-order chi connectivity index (χ0) is 14.5. The van der Waals surface area contributed by atoms with Crippen molar-refractivity contribution in [1.82, 2.24) is 25.0 Å². The van der Waals surface area contributed by atoms with Crippen LogP contribution in [0.3, 0.4) is 0 Å². The Kier molecular flexibility index (Phi) is 4.97. The molecule has 0 saturated carbocycles. The molecule has 1 N–H and O–H groups in total. The first-order chi connectivity index (χ1) is 9.60. The summed E-state index contributed by atoms with van der Waals surface area (Å²) in [4.78, 5) is 11.7. The molecule has 0 aromatic carbocycles. The molecule has 6 nitrogen and oxygen atoms in total. The molecule has 2 aromatic heterocycles. The van der Waals surface area contributed by atoms with E-state index < -0.39 is 0 Å². The summed E-state index contributed by atoms with van der Waals surface area (Å²) in [5.41, 5.74) is 0. The summed E-state index contributed by atoms with van der Waals surface area (Å²) in [6, 6.07) is 3.94. The lowest BCUT2D eigenvalue weighted by Crippen LogP contribution is -2.38. The molecule has 20 heavy (non-hydrogen) atoms. The van der Waals surface area contributed by atoms with Crippen LogP contribution in [-0.2, 0) is 20.1 Å². The van der Waals surface area contributed by atoms with Crippen LogP contribution in [0.4, 0.5) is 0 Å². The standard InChI is InChI=1S/C12H17ClN6S/c1-14-12(15-6-11-16-8-17-19(11)3)18(2)7-9-4-5-10(13)20-9/h4-5,8H,6-7H2,1-3H3,(H,14,15). The van der Waals surface area contributed by atoms with Crippen LogP contribution in [0.5, 0.6) is 0 Å². The Bertz CT molecular complexity index is 590. The first-order valence-corrected chi connectivity index (χ1v) is 7.28. The lowest BCUT2D eigenvalue weighted by atomic mass is 10.4. The third kappa shape index (κ3) is 3.71. The predicted molar refractivity (Wildman–Crippen MR) is 82.0 cm³/mol. The number of aliphatic imine (C=N–C) groups is 1. The number of hydrogen-bond donors (Lipinski definition) is 1. The zero-order valence-corrected chi connectivity index (χ0v) is 13.2. The van der Waals surface area contributed by atoms with Crippen molar-refractivity contribution < 1.29 is 0 Å². The van der Waals surface area contributed by atoms with Gasteiger partial charge in [-0.1, -0.05) is 11.6 Å². The van der Waals surface area contributed by atoms with E-state index in [0.717, 1.165) is 22.7 Å². The van der Waals surface area contributed by atoms with Crippen LogP contribution < -0.4 is 5.32 Å². The topological polar surface area (TPSA) is 58.3 Å². The highest BCUT2D eigenvalue weighted by atomic mass is 35.5. The van der Waals surface area contributed by atoms with E-state index in [1.165, 1.54) is 11.2 Å². The monoisotopic (exact) mass is 312 g/mol. The van der Waals surface area contributed by atoms with Crippen molar-refractivity contribution in [3.05, 3.63) is 33.5 Å². The summed E-state index contributed by atoms with van der Waals surface area (Å²) >= 11 is 7.52. The largest absolute Gasteiger partial charge is 0.349 e. The van der Waals surface area contributed by atoms with Crippen molar-refractivity contribution in [1.29, 1.82) is 0 Å². The SMILES string of the molecule is CN=C(NCc1ncnn1C)N(C)Cc1ccc(Cl)s1. The Morgan fingerprint density at radius 2 is 2.35 bits per heavy atom. The van der Waals surface area contributed by atoms with Gasteiger partial charge in [-0.05, 0) is 12.1 Å². The Balaban J connectivity index is 1.93. The molecule has 0 radical (unpaired) electrons. The molecular formula is C12H17ClN6S. The number of rotatable bonds is 4. The number of aromatic nitrogens is 3. The van der Waals surface area contributed by atoms with E-state index >= 15 is 0 Å². The van der Waals surface area contributed by atoms with Gasteiger partial charge in [-0.2, -0.15) is 5.10 Å². The maximum Gasteiger partial charge on any atom is 0.194 e. The highest BCUT2D eigenvalue weighted by Gasteiger charge is 2.09. The average Bonchev–Trinajstić information content (AvgIpc) is 3.00. The minimum Gasteiger partial charge on any atom is -0.349 e. The summed E-state index contributed by atoms with van der Waals surface area (Å²) in [5, 5.41) is 7.30. The second-order valence-corrected chi connectivity index (χ2v) is 6.06. The summed E-state index contributed by atoms with van der Waals surface area (Å²) in [6.07, 6.45) is 1.54. The Labute approximate surface area is 127 Å². The molecule has 108 valence electrons. The number of hydrogen-bond acceptors (Lipinski definition) is 4. The highest BCUT2D eigenvalue weighted by Crippen LogP contribution is 2.22. The molecule has 2 aromatic rings. The van der Waals surface area contributed by atoms with E-state index in [0.29, 0.717) is 6.54 Å². The van der Waals surface area contributed by atoms with Crippen molar-refractivity contribution in [3.63, 3.8) is 0 Å². The molecule has 0 atom stereocenters. The van der Waals surface area contributed by atoms with Gasteiger partial charge >= 0.3 is 0 Å². The molecule has 8 heteroatoms. The quantitative estimate of drug-likeness (QED) is 0.690. The van der Waals surface area contributed by atoms with Gasteiger partial charge in [0, 0.05) is 26.0 Å². The van der Waals surface area contributed by atoms with Gasteiger partial charge in [-0.25, -0.2) is 4.98 Å². The van der Waals surface area contributed by atoms with Crippen LogP contribution in [0, 0.1) is 0 Å². The number of nitrogens with zero attached hydrogens (tertiary/aromatic N) is 5. The average molecular weight is 313 g/mol. The van der Waals surface area contributed by atoms with Crippen molar-refractivity contribution in [3.8, 4) is 0 Å². The molecule has 0 unspecified atom stereocenters. The van der Waals surface area contributed by atoms with Crippen molar-refractivity contribution in [2.24, 2.45) is 12.0 Å². The maximum absolute atomic E-state index is 5.94. The molecular weight excluding hydrogens is 296 g/mol. The van der Waals surface area contributed by atoms with E-state index in [9.17, 15) is 0 Å². The van der Waals surface area contributed by atoms with Crippen molar-refractivity contribution >= 4 is 28.9 Å². The second-order valence-electron chi connectivity index (χ2n) is 4.26. The van der Waals surface area contributed by atoms with E-state index in [1.807, 2.05) is 31.1 Å². The maximum atomic E-state index is 5.94. The molecule has 2 heterocycles. The van der Waals surface area contributed by atoms with Gasteiger partial charge < -0.3 is 10.2 Å². The molecule has 0 amide bonds. The normalized spacial score (nSPS) is 11.7. The Hall–Kier alpha value is -1.60. The molecule has 0 fully saturated rings. The number of guanidine groups is 1. The van der Waals surface area contributed by atoms with Gasteiger partial charge in [-0.15, -0.1) is 11.3 Å². The summed E-state index contributed by atoms with van der Waals surface area (Å²) < 4.78 is 2.54. The van der Waals surface area contributed by atoms with Crippen LogP contribution >= 0.6 is 22.9 Å². The minimum absolute atomic E-state index is 0.582. The number of halogens is 1. The molecule has 0 aliphatic heterocycles. The second kappa shape index (κ2) is 6.71. The van der Waals surface area contributed by atoms with Crippen LogP contribution in [-0.4, -0.2) is 39.7 Å². The molecule has 0 aliphatic carbocycles. The van der Waals surface area contributed by atoms with Gasteiger partial charge in [0.25, 0.3) is 0 Å². The van der Waals surface area contributed by atoms with E-state index in [-0.39, 0.29) is 0 Å². The van der Waals surface area contributed by atoms with Crippen LogP contribution in [0.25, 0.3) is 0 Å². The third-order valence-corrected chi connectivity index (χ3v) is 4.02. The smallest absolute Gasteiger partial charge is 0.194 e. The molecule has 0 saturated heterocycles. The third-order valence-electron chi connectivity index (χ3n) is 2.81. The van der Waals surface area contributed by atoms with Crippen LogP contribution in [0.15, 0.2) is 23.5 Å². The van der Waals surface area contributed by atoms with Crippen LogP contribution in [0.2, 0.25) is 4.34 Å². The molecule has 2 rings (SSSR count). The summed E-state index contributed by atoms with van der Waals surface area (Å²) in [7, 11) is 5.61. The Morgan fingerprint density at radius 1 is 1.55 bits per heavy atom. The van der Waals surface area contributed by atoms with Crippen molar-refractivity contribution in [2.75, 3.05) is 14.1 Å². The number of aryl methyl sites for hydroxylation is 1.